The van der Waals surface area contributed by atoms with E-state index >= 15 is 0 Å². The maximum atomic E-state index is 5.54. The molecule has 0 aliphatic heterocycles. The highest BCUT2D eigenvalue weighted by Gasteiger charge is 2.20. The maximum absolute atomic E-state index is 5.54. The third-order valence-electron chi connectivity index (χ3n) is 2.84. The van der Waals surface area contributed by atoms with Gasteiger partial charge in [-0.15, -0.1) is 0 Å². The summed E-state index contributed by atoms with van der Waals surface area (Å²) < 4.78 is 5.54. The second kappa shape index (κ2) is 6.61. The second-order valence-corrected chi connectivity index (χ2v) is 4.38. The van der Waals surface area contributed by atoms with Crippen molar-refractivity contribution in [1.82, 2.24) is 10.3 Å². The van der Waals surface area contributed by atoms with Gasteiger partial charge in [-0.2, -0.15) is 0 Å². The normalized spacial score (nSPS) is 15.2. The number of nitrogens with one attached hydrogen (secondary N) is 1. The largest absolute Gasteiger partial charge is 0.380 e. The highest BCUT2D eigenvalue weighted by atomic mass is 16.5. The lowest BCUT2D eigenvalue weighted by atomic mass is 10.3. The number of hydrogen-bond acceptors (Lipinski definition) is 3. The molecule has 88 valence electrons. The molecule has 1 aromatic heterocycles. The number of nitrogens with zero attached hydrogens (tertiary/aromatic N) is 1. The van der Waals surface area contributed by atoms with Gasteiger partial charge in [0.05, 0.1) is 6.61 Å². The summed E-state index contributed by atoms with van der Waals surface area (Å²) in [5.41, 5.74) is 1.22. The lowest BCUT2D eigenvalue weighted by molar-refractivity contribution is 0.130. The fourth-order valence-corrected chi connectivity index (χ4v) is 1.64. The third-order valence-corrected chi connectivity index (χ3v) is 2.84. The zero-order valence-corrected chi connectivity index (χ0v) is 9.69. The zero-order valence-electron chi connectivity index (χ0n) is 9.69. The van der Waals surface area contributed by atoms with Crippen LogP contribution in [-0.4, -0.2) is 24.7 Å². The van der Waals surface area contributed by atoms with Crippen LogP contribution in [0.4, 0.5) is 0 Å². The molecule has 1 aliphatic rings. The number of aromatic nitrogens is 1. The van der Waals surface area contributed by atoms with E-state index < -0.39 is 0 Å². The van der Waals surface area contributed by atoms with Crippen molar-refractivity contribution < 1.29 is 4.74 Å². The number of hydrogen-bond donors (Lipinski definition) is 1. The van der Waals surface area contributed by atoms with Gasteiger partial charge in [-0.3, -0.25) is 4.98 Å². The van der Waals surface area contributed by atoms with E-state index in [1.807, 2.05) is 12.3 Å². The molecule has 1 fully saturated rings. The van der Waals surface area contributed by atoms with Crippen LogP contribution < -0.4 is 5.32 Å². The molecule has 1 aliphatic carbocycles. The monoisotopic (exact) mass is 220 g/mol. The predicted molar refractivity (Wildman–Crippen MR) is 64.1 cm³/mol. The van der Waals surface area contributed by atoms with Crippen molar-refractivity contribution in [2.75, 3.05) is 19.8 Å². The average molecular weight is 220 g/mol. The first-order chi connectivity index (χ1) is 7.95. The zero-order chi connectivity index (χ0) is 11.1. The van der Waals surface area contributed by atoms with Crippen LogP contribution >= 0.6 is 0 Å². The highest BCUT2D eigenvalue weighted by Crippen LogP contribution is 2.31. The van der Waals surface area contributed by atoms with Crippen molar-refractivity contribution >= 4 is 0 Å². The second-order valence-electron chi connectivity index (χ2n) is 4.38. The van der Waals surface area contributed by atoms with Crippen molar-refractivity contribution in [1.29, 1.82) is 0 Å². The SMILES string of the molecule is c1cncc(CNCCOCCC2CC2)c1. The van der Waals surface area contributed by atoms with Gasteiger partial charge in [0.1, 0.15) is 0 Å². The Kier molecular flexibility index (Phi) is 4.77. The van der Waals surface area contributed by atoms with E-state index in [1.165, 1.54) is 24.8 Å². The summed E-state index contributed by atoms with van der Waals surface area (Å²) in [6.07, 6.45) is 7.78. The molecule has 16 heavy (non-hydrogen) atoms. The molecule has 2 rings (SSSR count). The van der Waals surface area contributed by atoms with Crippen LogP contribution in [0.3, 0.4) is 0 Å². The minimum atomic E-state index is 0.812. The van der Waals surface area contributed by atoms with E-state index in [4.69, 9.17) is 4.74 Å². The molecule has 0 atom stereocenters. The van der Waals surface area contributed by atoms with Crippen molar-refractivity contribution in [3.8, 4) is 0 Å². The summed E-state index contributed by atoms with van der Waals surface area (Å²) in [7, 11) is 0. The van der Waals surface area contributed by atoms with Crippen LogP contribution in [0.25, 0.3) is 0 Å². The molecule has 1 saturated carbocycles. The van der Waals surface area contributed by atoms with E-state index in [0.29, 0.717) is 0 Å². The first-order valence-electron chi connectivity index (χ1n) is 6.12. The molecule has 3 nitrogen and oxygen atoms in total. The summed E-state index contributed by atoms with van der Waals surface area (Å²) >= 11 is 0. The molecule has 3 heteroatoms. The molecule has 0 radical (unpaired) electrons. The van der Waals surface area contributed by atoms with Gasteiger partial charge in [-0.25, -0.2) is 0 Å². The van der Waals surface area contributed by atoms with Crippen molar-refractivity contribution in [3.05, 3.63) is 30.1 Å². The average Bonchev–Trinajstić information content (AvgIpc) is 3.13. The Hall–Kier alpha value is -0.930. The molecule has 1 heterocycles. The topological polar surface area (TPSA) is 34.2 Å². The van der Waals surface area contributed by atoms with Gasteiger partial charge in [-0.1, -0.05) is 18.9 Å². The van der Waals surface area contributed by atoms with E-state index in [0.717, 1.165) is 32.2 Å². The molecule has 1 aromatic rings. The van der Waals surface area contributed by atoms with Gasteiger partial charge in [-0.05, 0) is 24.0 Å². The lowest BCUT2D eigenvalue weighted by Gasteiger charge is -2.05. The van der Waals surface area contributed by atoms with Crippen LogP contribution in [0, 0.1) is 5.92 Å². The van der Waals surface area contributed by atoms with Crippen molar-refractivity contribution in [3.63, 3.8) is 0 Å². The Morgan fingerprint density at radius 2 is 2.31 bits per heavy atom. The fourth-order valence-electron chi connectivity index (χ4n) is 1.64. The first kappa shape index (κ1) is 11.6. The summed E-state index contributed by atoms with van der Waals surface area (Å²) in [6, 6.07) is 4.04. The Morgan fingerprint density at radius 1 is 1.38 bits per heavy atom. The molecule has 1 N–H and O–H groups in total. The van der Waals surface area contributed by atoms with Gasteiger partial charge in [0, 0.05) is 32.1 Å². The van der Waals surface area contributed by atoms with Gasteiger partial charge < -0.3 is 10.1 Å². The van der Waals surface area contributed by atoms with Gasteiger partial charge in [0.25, 0.3) is 0 Å². The van der Waals surface area contributed by atoms with E-state index in [-0.39, 0.29) is 0 Å². The van der Waals surface area contributed by atoms with Crippen LogP contribution in [0.1, 0.15) is 24.8 Å². The summed E-state index contributed by atoms with van der Waals surface area (Å²) in [4.78, 5) is 4.07. The first-order valence-corrected chi connectivity index (χ1v) is 6.12. The molecule has 0 bridgehead atoms. The molecule has 0 aromatic carbocycles. The minimum Gasteiger partial charge on any atom is -0.380 e. The van der Waals surface area contributed by atoms with E-state index in [9.17, 15) is 0 Å². The summed E-state index contributed by atoms with van der Waals surface area (Å²) in [5.74, 6) is 0.975. The lowest BCUT2D eigenvalue weighted by Crippen LogP contribution is -2.19. The third kappa shape index (κ3) is 4.73. The van der Waals surface area contributed by atoms with Gasteiger partial charge in [0.2, 0.25) is 0 Å². The van der Waals surface area contributed by atoms with Crippen LogP contribution in [0.5, 0.6) is 0 Å². The van der Waals surface area contributed by atoms with Crippen LogP contribution in [-0.2, 0) is 11.3 Å². The molecular formula is C13H20N2O. The van der Waals surface area contributed by atoms with Gasteiger partial charge in [0.15, 0.2) is 0 Å². The van der Waals surface area contributed by atoms with Crippen LogP contribution in [0.15, 0.2) is 24.5 Å². The van der Waals surface area contributed by atoms with Crippen molar-refractivity contribution in [2.24, 2.45) is 5.92 Å². The Balaban J connectivity index is 1.42. The standard InChI is InChI=1S/C13H20N2O/c1-2-13(10-14-6-1)11-15-7-9-16-8-5-12-3-4-12/h1-2,6,10,12,15H,3-5,7-9,11H2. The number of rotatable bonds is 8. The Bertz CT molecular complexity index is 285. The predicted octanol–water partition coefficient (Wildman–Crippen LogP) is 1.99. The Morgan fingerprint density at radius 3 is 3.06 bits per heavy atom. The summed E-state index contributed by atoms with van der Waals surface area (Å²) in [6.45, 7) is 3.53. The molecule has 0 amide bonds. The minimum absolute atomic E-state index is 0.812. The van der Waals surface area contributed by atoms with Crippen LogP contribution in [0.2, 0.25) is 0 Å². The smallest absolute Gasteiger partial charge is 0.0591 e. The fraction of sp³-hybridized carbons (Fsp3) is 0.615. The molecule has 0 spiro atoms. The molecule has 0 saturated heterocycles. The Labute approximate surface area is 97.2 Å². The van der Waals surface area contributed by atoms with E-state index in [2.05, 4.69) is 16.4 Å². The van der Waals surface area contributed by atoms with Crippen molar-refractivity contribution in [2.45, 2.75) is 25.8 Å². The number of ether oxygens (including phenoxy) is 1. The molecular weight excluding hydrogens is 200 g/mol. The molecule has 0 unspecified atom stereocenters. The number of pyridine rings is 1. The van der Waals surface area contributed by atoms with Gasteiger partial charge >= 0.3 is 0 Å². The summed E-state index contributed by atoms with van der Waals surface area (Å²) in [5, 5.41) is 3.34. The highest BCUT2D eigenvalue weighted by molar-refractivity contribution is 5.07. The van der Waals surface area contributed by atoms with E-state index in [1.54, 1.807) is 6.20 Å². The maximum Gasteiger partial charge on any atom is 0.0591 e. The quantitative estimate of drug-likeness (QED) is 0.680.